The van der Waals surface area contributed by atoms with Crippen molar-refractivity contribution in [3.8, 4) is 5.75 Å². The van der Waals surface area contributed by atoms with Crippen LogP contribution in [0.15, 0.2) is 36.4 Å². The maximum atomic E-state index is 12.5. The topological polar surface area (TPSA) is 78.9 Å². The lowest BCUT2D eigenvalue weighted by atomic mass is 9.96. The summed E-state index contributed by atoms with van der Waals surface area (Å²) in [6.45, 7) is 3.94. The molecular formula is C21H24N2O4. The minimum atomic E-state index is -0.495. The second-order valence-electron chi connectivity index (χ2n) is 6.59. The first-order chi connectivity index (χ1) is 12.9. The average Bonchev–Trinajstić information content (AvgIpc) is 2.96. The summed E-state index contributed by atoms with van der Waals surface area (Å²) in [5, 5.41) is 14.0. The van der Waals surface area contributed by atoms with Crippen molar-refractivity contribution >= 4 is 23.1 Å². The van der Waals surface area contributed by atoms with Crippen molar-refractivity contribution in [3.63, 3.8) is 0 Å². The Hall–Kier alpha value is -3.02. The molecule has 0 spiro atoms. The molecule has 0 fully saturated rings. The molecule has 1 unspecified atom stereocenters. The number of hydrogen-bond donors (Lipinski definition) is 2. The molecule has 6 nitrogen and oxygen atoms in total. The van der Waals surface area contributed by atoms with Gasteiger partial charge in [0.05, 0.1) is 24.0 Å². The number of anilines is 2. The number of benzene rings is 2. The van der Waals surface area contributed by atoms with Crippen LogP contribution in [0.4, 0.5) is 11.4 Å². The fourth-order valence-corrected chi connectivity index (χ4v) is 3.28. The van der Waals surface area contributed by atoms with Crippen LogP contribution < -0.4 is 10.2 Å². The molecule has 2 aromatic rings. The standard InChI is InChI=1S/C21H24N2O4/c1-4-27-21(26)16-12-17-19(22-13(2)23(17)3)20(25)15(16)10-11-18(24)14-8-6-5-7-9-14/h5-9,12-13,22,25H,4,10-11H2,1-3H3. The first-order valence-electron chi connectivity index (χ1n) is 9.07. The van der Waals surface area contributed by atoms with Gasteiger partial charge in [-0.1, -0.05) is 30.3 Å². The first-order valence-corrected chi connectivity index (χ1v) is 9.07. The summed E-state index contributed by atoms with van der Waals surface area (Å²) in [4.78, 5) is 26.9. The summed E-state index contributed by atoms with van der Waals surface area (Å²) < 4.78 is 5.16. The number of carbonyl (C=O) groups excluding carboxylic acids is 2. The predicted molar refractivity (Wildman–Crippen MR) is 105 cm³/mol. The minimum Gasteiger partial charge on any atom is -0.505 e. The highest BCUT2D eigenvalue weighted by Gasteiger charge is 2.30. The van der Waals surface area contributed by atoms with Gasteiger partial charge < -0.3 is 20.1 Å². The van der Waals surface area contributed by atoms with Gasteiger partial charge in [0, 0.05) is 24.6 Å². The number of ketones is 1. The second-order valence-corrected chi connectivity index (χ2v) is 6.59. The minimum absolute atomic E-state index is 0.00705. The highest BCUT2D eigenvalue weighted by molar-refractivity contribution is 5.99. The Bertz CT molecular complexity index is 864. The smallest absolute Gasteiger partial charge is 0.338 e. The highest BCUT2D eigenvalue weighted by atomic mass is 16.5. The lowest BCUT2D eigenvalue weighted by Crippen LogP contribution is -2.28. The number of esters is 1. The van der Waals surface area contributed by atoms with Gasteiger partial charge in [-0.15, -0.1) is 0 Å². The number of phenols is 1. The van der Waals surface area contributed by atoms with Gasteiger partial charge in [0.2, 0.25) is 0 Å². The van der Waals surface area contributed by atoms with Crippen LogP contribution in [0.3, 0.4) is 0 Å². The highest BCUT2D eigenvalue weighted by Crippen LogP contribution is 2.44. The zero-order valence-electron chi connectivity index (χ0n) is 15.8. The molecular weight excluding hydrogens is 344 g/mol. The molecule has 0 aromatic heterocycles. The van der Waals surface area contributed by atoms with Gasteiger partial charge in [-0.25, -0.2) is 4.79 Å². The van der Waals surface area contributed by atoms with Crippen molar-refractivity contribution in [1.82, 2.24) is 0 Å². The fourth-order valence-electron chi connectivity index (χ4n) is 3.28. The van der Waals surface area contributed by atoms with Crippen LogP contribution in [-0.4, -0.2) is 36.7 Å². The maximum Gasteiger partial charge on any atom is 0.338 e. The van der Waals surface area contributed by atoms with Gasteiger partial charge in [-0.2, -0.15) is 0 Å². The van der Waals surface area contributed by atoms with Crippen molar-refractivity contribution in [2.24, 2.45) is 0 Å². The van der Waals surface area contributed by atoms with Crippen LogP contribution in [0.2, 0.25) is 0 Å². The molecule has 3 rings (SSSR count). The number of nitrogens with zero attached hydrogens (tertiary/aromatic N) is 1. The molecule has 0 bridgehead atoms. The molecule has 142 valence electrons. The summed E-state index contributed by atoms with van der Waals surface area (Å²) in [6.07, 6.45) is 0.428. The van der Waals surface area contributed by atoms with E-state index in [1.54, 1.807) is 25.1 Å². The van der Waals surface area contributed by atoms with Gasteiger partial charge in [0.15, 0.2) is 5.78 Å². The number of rotatable bonds is 6. The molecule has 0 aliphatic carbocycles. The van der Waals surface area contributed by atoms with Crippen molar-refractivity contribution in [2.75, 3.05) is 23.9 Å². The van der Waals surface area contributed by atoms with E-state index in [1.165, 1.54) is 0 Å². The van der Waals surface area contributed by atoms with E-state index in [4.69, 9.17) is 4.74 Å². The van der Waals surface area contributed by atoms with Crippen molar-refractivity contribution < 1.29 is 19.4 Å². The molecule has 0 amide bonds. The van der Waals surface area contributed by atoms with Crippen molar-refractivity contribution in [3.05, 3.63) is 53.1 Å². The van der Waals surface area contributed by atoms with Crippen LogP contribution in [0, 0.1) is 0 Å². The van der Waals surface area contributed by atoms with E-state index in [-0.39, 0.29) is 37.1 Å². The molecule has 0 saturated heterocycles. The van der Waals surface area contributed by atoms with Crippen molar-refractivity contribution in [2.45, 2.75) is 32.9 Å². The van der Waals surface area contributed by atoms with Crippen molar-refractivity contribution in [1.29, 1.82) is 0 Å². The van der Waals surface area contributed by atoms with E-state index in [0.717, 1.165) is 5.69 Å². The van der Waals surface area contributed by atoms with E-state index in [0.29, 0.717) is 22.4 Å². The molecule has 1 heterocycles. The van der Waals surface area contributed by atoms with Gasteiger partial charge in [-0.05, 0) is 26.3 Å². The zero-order valence-corrected chi connectivity index (χ0v) is 15.8. The lowest BCUT2D eigenvalue weighted by Gasteiger charge is -2.18. The van der Waals surface area contributed by atoms with E-state index in [9.17, 15) is 14.7 Å². The third-order valence-corrected chi connectivity index (χ3v) is 4.89. The SMILES string of the molecule is CCOC(=O)c1cc2c(c(O)c1CCC(=O)c1ccccc1)NC(C)N2C. The molecule has 27 heavy (non-hydrogen) atoms. The normalized spacial score (nSPS) is 15.2. The Morgan fingerprint density at radius 2 is 1.96 bits per heavy atom. The molecule has 6 heteroatoms. The van der Waals surface area contributed by atoms with Crippen LogP contribution in [0.1, 0.15) is 46.5 Å². The third-order valence-electron chi connectivity index (χ3n) is 4.89. The Morgan fingerprint density at radius 3 is 2.63 bits per heavy atom. The van der Waals surface area contributed by atoms with E-state index in [2.05, 4.69) is 5.32 Å². The van der Waals surface area contributed by atoms with Crippen LogP contribution in [-0.2, 0) is 11.2 Å². The summed E-state index contributed by atoms with van der Waals surface area (Å²) in [7, 11) is 1.89. The van der Waals surface area contributed by atoms with Crippen LogP contribution >= 0.6 is 0 Å². The predicted octanol–water partition coefficient (Wildman–Crippen LogP) is 3.59. The second kappa shape index (κ2) is 7.70. The molecule has 0 radical (unpaired) electrons. The van der Waals surface area contributed by atoms with E-state index < -0.39 is 5.97 Å². The van der Waals surface area contributed by atoms with E-state index >= 15 is 0 Å². The monoisotopic (exact) mass is 368 g/mol. The largest absolute Gasteiger partial charge is 0.505 e. The first kappa shape index (κ1) is 18.8. The van der Waals surface area contributed by atoms with E-state index in [1.807, 2.05) is 37.1 Å². The molecule has 1 aliphatic rings. The number of phenolic OH excluding ortho intramolecular Hbond substituents is 1. The average molecular weight is 368 g/mol. The Balaban J connectivity index is 1.94. The van der Waals surface area contributed by atoms with Crippen LogP contribution in [0.5, 0.6) is 5.75 Å². The number of aromatic hydroxyl groups is 1. The summed E-state index contributed by atoms with van der Waals surface area (Å²) in [5.74, 6) is -0.526. The molecule has 1 aliphatic heterocycles. The Morgan fingerprint density at radius 1 is 1.26 bits per heavy atom. The molecule has 1 atom stereocenters. The number of hydrogen-bond acceptors (Lipinski definition) is 6. The van der Waals surface area contributed by atoms with Gasteiger partial charge >= 0.3 is 5.97 Å². The molecule has 0 saturated carbocycles. The van der Waals surface area contributed by atoms with Crippen LogP contribution in [0.25, 0.3) is 0 Å². The third kappa shape index (κ3) is 3.60. The number of Topliss-reactive ketones (excluding diaryl/α,β-unsaturated/α-hetero) is 1. The number of fused-ring (bicyclic) bond motifs is 1. The summed E-state index contributed by atoms with van der Waals surface area (Å²) >= 11 is 0. The molecule has 2 N–H and O–H groups in total. The summed E-state index contributed by atoms with van der Waals surface area (Å²) in [5.41, 5.74) is 2.67. The number of nitrogens with one attached hydrogen (secondary N) is 1. The lowest BCUT2D eigenvalue weighted by molar-refractivity contribution is 0.0524. The number of carbonyl (C=O) groups is 2. The quantitative estimate of drug-likeness (QED) is 0.461. The maximum absolute atomic E-state index is 12.5. The Kier molecular flexibility index (Phi) is 5.35. The Labute approximate surface area is 158 Å². The zero-order chi connectivity index (χ0) is 19.6. The molecule has 2 aromatic carbocycles. The van der Waals surface area contributed by atoms with Gasteiger partial charge in [0.25, 0.3) is 0 Å². The van der Waals surface area contributed by atoms with Gasteiger partial charge in [-0.3, -0.25) is 4.79 Å². The van der Waals surface area contributed by atoms with Gasteiger partial charge in [0.1, 0.15) is 11.4 Å². The summed E-state index contributed by atoms with van der Waals surface area (Å²) in [6, 6.07) is 10.7. The fraction of sp³-hybridized carbons (Fsp3) is 0.333. The number of ether oxygens (including phenoxy) is 1.